The van der Waals surface area contributed by atoms with Gasteiger partial charge in [0.05, 0.1) is 12.8 Å². The van der Waals surface area contributed by atoms with Crippen molar-refractivity contribution < 1.29 is 9.15 Å². The zero-order valence-corrected chi connectivity index (χ0v) is 10.9. The first kappa shape index (κ1) is 12.7. The van der Waals surface area contributed by atoms with Gasteiger partial charge in [0.2, 0.25) is 0 Å². The maximum atomic E-state index is 5.69. The van der Waals surface area contributed by atoms with Crippen LogP contribution in [0.5, 0.6) is 5.75 Å². The van der Waals surface area contributed by atoms with E-state index in [-0.39, 0.29) is 0 Å². The molecule has 1 N–H and O–H groups in total. The van der Waals surface area contributed by atoms with Crippen LogP contribution >= 0.6 is 0 Å². The predicted octanol–water partition coefficient (Wildman–Crippen LogP) is 3.07. The van der Waals surface area contributed by atoms with Crippen molar-refractivity contribution in [2.75, 3.05) is 13.2 Å². The number of rotatable bonds is 6. The SMILES string of the molecule is Cc1cc(C)cc(OCCNCc2ccco2)c1. The first-order chi connectivity index (χ1) is 8.74. The number of nitrogens with one attached hydrogen (secondary N) is 1. The third-order valence-electron chi connectivity index (χ3n) is 2.62. The molecule has 0 amide bonds. The average Bonchev–Trinajstić information content (AvgIpc) is 2.80. The van der Waals surface area contributed by atoms with Gasteiger partial charge in [-0.25, -0.2) is 0 Å². The Kier molecular flexibility index (Phi) is 4.42. The fourth-order valence-corrected chi connectivity index (χ4v) is 1.88. The smallest absolute Gasteiger partial charge is 0.119 e. The van der Waals surface area contributed by atoms with Gasteiger partial charge in [-0.15, -0.1) is 0 Å². The van der Waals surface area contributed by atoms with E-state index in [1.807, 2.05) is 12.1 Å². The van der Waals surface area contributed by atoms with Gasteiger partial charge in [0, 0.05) is 6.54 Å². The molecule has 0 fully saturated rings. The van der Waals surface area contributed by atoms with Crippen molar-refractivity contribution in [1.82, 2.24) is 5.32 Å². The summed E-state index contributed by atoms with van der Waals surface area (Å²) < 4.78 is 10.9. The summed E-state index contributed by atoms with van der Waals surface area (Å²) in [5.41, 5.74) is 2.46. The molecule has 0 saturated heterocycles. The van der Waals surface area contributed by atoms with E-state index < -0.39 is 0 Å². The van der Waals surface area contributed by atoms with E-state index >= 15 is 0 Å². The molecular formula is C15H19NO2. The van der Waals surface area contributed by atoms with Gasteiger partial charge in [-0.05, 0) is 49.2 Å². The summed E-state index contributed by atoms with van der Waals surface area (Å²) in [4.78, 5) is 0. The molecule has 0 aliphatic carbocycles. The minimum atomic E-state index is 0.656. The lowest BCUT2D eigenvalue weighted by atomic mass is 10.1. The highest BCUT2D eigenvalue weighted by Gasteiger charge is 1.97. The largest absolute Gasteiger partial charge is 0.492 e. The fourth-order valence-electron chi connectivity index (χ4n) is 1.88. The molecule has 0 aliphatic rings. The molecule has 0 radical (unpaired) electrons. The zero-order valence-electron chi connectivity index (χ0n) is 10.9. The number of furan rings is 1. The average molecular weight is 245 g/mol. The lowest BCUT2D eigenvalue weighted by Gasteiger charge is -2.08. The molecule has 2 aromatic rings. The molecular weight excluding hydrogens is 226 g/mol. The Labute approximate surface area is 108 Å². The summed E-state index contributed by atoms with van der Waals surface area (Å²) in [6, 6.07) is 10.1. The van der Waals surface area contributed by atoms with E-state index in [9.17, 15) is 0 Å². The number of ether oxygens (including phenoxy) is 1. The van der Waals surface area contributed by atoms with Crippen LogP contribution in [0.25, 0.3) is 0 Å². The lowest BCUT2D eigenvalue weighted by molar-refractivity contribution is 0.310. The van der Waals surface area contributed by atoms with Gasteiger partial charge in [-0.2, -0.15) is 0 Å². The highest BCUT2D eigenvalue weighted by atomic mass is 16.5. The number of hydrogen-bond donors (Lipinski definition) is 1. The highest BCUT2D eigenvalue weighted by Crippen LogP contribution is 2.15. The second-order valence-corrected chi connectivity index (χ2v) is 4.43. The van der Waals surface area contributed by atoms with Crippen LogP contribution in [-0.4, -0.2) is 13.2 Å². The van der Waals surface area contributed by atoms with Crippen molar-refractivity contribution in [2.45, 2.75) is 20.4 Å². The molecule has 0 unspecified atom stereocenters. The van der Waals surface area contributed by atoms with E-state index in [0.717, 1.165) is 24.6 Å². The third kappa shape index (κ3) is 3.93. The van der Waals surface area contributed by atoms with Gasteiger partial charge in [0.1, 0.15) is 18.1 Å². The van der Waals surface area contributed by atoms with Gasteiger partial charge in [0.15, 0.2) is 0 Å². The van der Waals surface area contributed by atoms with E-state index in [0.29, 0.717) is 6.61 Å². The molecule has 0 saturated carbocycles. The van der Waals surface area contributed by atoms with Gasteiger partial charge in [-0.1, -0.05) is 6.07 Å². The Morgan fingerprint density at radius 3 is 2.61 bits per heavy atom. The van der Waals surface area contributed by atoms with Crippen LogP contribution in [0.4, 0.5) is 0 Å². The molecule has 3 heteroatoms. The Bertz CT molecular complexity index is 457. The standard InChI is InChI=1S/C15H19NO2/c1-12-8-13(2)10-15(9-12)18-7-5-16-11-14-4-3-6-17-14/h3-4,6,8-10,16H,5,7,11H2,1-2H3. The van der Waals surface area contributed by atoms with Crippen LogP contribution in [0.2, 0.25) is 0 Å². The quantitative estimate of drug-likeness (QED) is 0.794. The summed E-state index contributed by atoms with van der Waals surface area (Å²) in [6.45, 7) is 6.35. The van der Waals surface area contributed by atoms with Crippen molar-refractivity contribution in [3.63, 3.8) is 0 Å². The van der Waals surface area contributed by atoms with Crippen molar-refractivity contribution >= 4 is 0 Å². The van der Waals surface area contributed by atoms with E-state index in [4.69, 9.17) is 9.15 Å². The zero-order chi connectivity index (χ0) is 12.8. The second kappa shape index (κ2) is 6.26. The van der Waals surface area contributed by atoms with Crippen molar-refractivity contribution in [3.8, 4) is 5.75 Å². The molecule has 0 bridgehead atoms. The van der Waals surface area contributed by atoms with Gasteiger partial charge >= 0.3 is 0 Å². The van der Waals surface area contributed by atoms with Gasteiger partial charge in [0.25, 0.3) is 0 Å². The fraction of sp³-hybridized carbons (Fsp3) is 0.333. The summed E-state index contributed by atoms with van der Waals surface area (Å²) >= 11 is 0. The monoisotopic (exact) mass is 245 g/mol. The molecule has 2 rings (SSSR count). The van der Waals surface area contributed by atoms with Crippen LogP contribution in [0, 0.1) is 13.8 Å². The maximum Gasteiger partial charge on any atom is 0.119 e. The molecule has 1 heterocycles. The minimum Gasteiger partial charge on any atom is -0.492 e. The molecule has 96 valence electrons. The topological polar surface area (TPSA) is 34.4 Å². The van der Waals surface area contributed by atoms with E-state index in [1.165, 1.54) is 11.1 Å². The molecule has 3 nitrogen and oxygen atoms in total. The van der Waals surface area contributed by atoms with Crippen LogP contribution in [0.3, 0.4) is 0 Å². The normalized spacial score (nSPS) is 10.6. The predicted molar refractivity (Wildman–Crippen MR) is 71.8 cm³/mol. The molecule has 18 heavy (non-hydrogen) atoms. The van der Waals surface area contributed by atoms with Gasteiger partial charge < -0.3 is 14.5 Å². The van der Waals surface area contributed by atoms with Crippen LogP contribution in [-0.2, 0) is 6.54 Å². The Balaban J connectivity index is 1.68. The Morgan fingerprint density at radius 1 is 1.17 bits per heavy atom. The van der Waals surface area contributed by atoms with E-state index in [2.05, 4.69) is 37.4 Å². The van der Waals surface area contributed by atoms with Crippen molar-refractivity contribution in [2.24, 2.45) is 0 Å². The summed E-state index contributed by atoms with van der Waals surface area (Å²) in [7, 11) is 0. The maximum absolute atomic E-state index is 5.69. The second-order valence-electron chi connectivity index (χ2n) is 4.43. The minimum absolute atomic E-state index is 0.656. The van der Waals surface area contributed by atoms with Crippen molar-refractivity contribution in [1.29, 1.82) is 0 Å². The summed E-state index contributed by atoms with van der Waals surface area (Å²) in [5.74, 6) is 1.88. The third-order valence-corrected chi connectivity index (χ3v) is 2.62. The van der Waals surface area contributed by atoms with E-state index in [1.54, 1.807) is 6.26 Å². The lowest BCUT2D eigenvalue weighted by Crippen LogP contribution is -2.20. The Morgan fingerprint density at radius 2 is 1.94 bits per heavy atom. The van der Waals surface area contributed by atoms with Crippen LogP contribution < -0.4 is 10.1 Å². The summed E-state index contributed by atoms with van der Waals surface area (Å²) in [6.07, 6.45) is 1.68. The first-order valence-electron chi connectivity index (χ1n) is 6.18. The highest BCUT2D eigenvalue weighted by molar-refractivity contribution is 5.32. The molecule has 1 aromatic carbocycles. The molecule has 0 atom stereocenters. The molecule has 0 aliphatic heterocycles. The number of benzene rings is 1. The van der Waals surface area contributed by atoms with Crippen LogP contribution in [0.1, 0.15) is 16.9 Å². The van der Waals surface area contributed by atoms with Gasteiger partial charge in [-0.3, -0.25) is 0 Å². The first-order valence-corrected chi connectivity index (χ1v) is 6.18. The van der Waals surface area contributed by atoms with Crippen LogP contribution in [0.15, 0.2) is 41.0 Å². The Hall–Kier alpha value is -1.74. The number of hydrogen-bond acceptors (Lipinski definition) is 3. The number of aryl methyl sites for hydroxylation is 2. The van der Waals surface area contributed by atoms with Crippen molar-refractivity contribution in [3.05, 3.63) is 53.5 Å². The molecule has 1 aromatic heterocycles. The summed E-state index contributed by atoms with van der Waals surface area (Å²) in [5, 5.41) is 3.27. The molecule has 0 spiro atoms.